The van der Waals surface area contributed by atoms with Crippen molar-refractivity contribution in [3.05, 3.63) is 57.3 Å². The van der Waals surface area contributed by atoms with Crippen molar-refractivity contribution >= 4 is 33.2 Å². The molecule has 1 heterocycles. The zero-order chi connectivity index (χ0) is 11.5. The van der Waals surface area contributed by atoms with Crippen molar-refractivity contribution in [2.75, 3.05) is 5.73 Å². The van der Waals surface area contributed by atoms with Gasteiger partial charge in [-0.3, -0.25) is 4.98 Å². The van der Waals surface area contributed by atoms with E-state index >= 15 is 0 Å². The summed E-state index contributed by atoms with van der Waals surface area (Å²) in [7, 11) is 0. The first kappa shape index (κ1) is 11.4. The van der Waals surface area contributed by atoms with Crippen LogP contribution in [0.1, 0.15) is 11.3 Å². The highest BCUT2D eigenvalue weighted by atomic mass is 79.9. The van der Waals surface area contributed by atoms with E-state index in [0.717, 1.165) is 21.4 Å². The molecular weight excluding hydrogens is 288 g/mol. The average molecular weight is 298 g/mol. The quantitative estimate of drug-likeness (QED) is 0.859. The number of hydrogen-bond donors (Lipinski definition) is 1. The molecule has 0 bridgehead atoms. The molecule has 0 atom stereocenters. The van der Waals surface area contributed by atoms with Gasteiger partial charge < -0.3 is 5.73 Å². The molecule has 82 valence electrons. The summed E-state index contributed by atoms with van der Waals surface area (Å²) in [6.07, 6.45) is 2.47. The maximum atomic E-state index is 5.92. The second-order valence-corrected chi connectivity index (χ2v) is 4.84. The fraction of sp³-hybridized carbons (Fsp3) is 0.0833. The van der Waals surface area contributed by atoms with Crippen molar-refractivity contribution in [1.29, 1.82) is 0 Å². The van der Waals surface area contributed by atoms with E-state index in [2.05, 4.69) is 20.9 Å². The lowest BCUT2D eigenvalue weighted by Crippen LogP contribution is -1.97. The molecule has 0 saturated heterocycles. The van der Waals surface area contributed by atoms with Crippen LogP contribution in [0.25, 0.3) is 0 Å². The highest BCUT2D eigenvalue weighted by molar-refractivity contribution is 9.10. The number of pyridine rings is 1. The summed E-state index contributed by atoms with van der Waals surface area (Å²) in [5.74, 6) is 0. The van der Waals surface area contributed by atoms with Gasteiger partial charge in [-0.1, -0.05) is 11.6 Å². The predicted molar refractivity (Wildman–Crippen MR) is 70.6 cm³/mol. The molecule has 0 aliphatic carbocycles. The van der Waals surface area contributed by atoms with Crippen LogP contribution in [0.4, 0.5) is 5.69 Å². The van der Waals surface area contributed by atoms with E-state index < -0.39 is 0 Å². The zero-order valence-corrected chi connectivity index (χ0v) is 10.8. The van der Waals surface area contributed by atoms with Gasteiger partial charge in [-0.05, 0) is 51.8 Å². The van der Waals surface area contributed by atoms with Crippen LogP contribution in [0.2, 0.25) is 5.02 Å². The van der Waals surface area contributed by atoms with Gasteiger partial charge >= 0.3 is 0 Å². The van der Waals surface area contributed by atoms with Crippen LogP contribution < -0.4 is 5.73 Å². The SMILES string of the molecule is Nc1ccc(Cl)cc1Cc1ccc(Br)cn1. The molecule has 1 aromatic heterocycles. The Hall–Kier alpha value is -1.06. The van der Waals surface area contributed by atoms with E-state index in [9.17, 15) is 0 Å². The number of benzene rings is 1. The molecule has 2 rings (SSSR count). The highest BCUT2D eigenvalue weighted by Crippen LogP contribution is 2.20. The molecule has 2 N–H and O–H groups in total. The minimum atomic E-state index is 0.694. The number of anilines is 1. The van der Waals surface area contributed by atoms with Crippen molar-refractivity contribution in [3.63, 3.8) is 0 Å². The fourth-order valence-corrected chi connectivity index (χ4v) is 1.86. The molecule has 2 nitrogen and oxygen atoms in total. The zero-order valence-electron chi connectivity index (χ0n) is 8.45. The molecule has 1 aromatic carbocycles. The van der Waals surface area contributed by atoms with Gasteiger partial charge in [0.1, 0.15) is 0 Å². The lowest BCUT2D eigenvalue weighted by molar-refractivity contribution is 1.07. The Kier molecular flexibility index (Phi) is 3.46. The number of aromatic nitrogens is 1. The fourth-order valence-electron chi connectivity index (χ4n) is 1.43. The lowest BCUT2D eigenvalue weighted by Gasteiger charge is -2.05. The lowest BCUT2D eigenvalue weighted by atomic mass is 10.1. The van der Waals surface area contributed by atoms with E-state index in [-0.39, 0.29) is 0 Å². The van der Waals surface area contributed by atoms with E-state index in [4.69, 9.17) is 17.3 Å². The summed E-state index contributed by atoms with van der Waals surface area (Å²) in [4.78, 5) is 4.30. The highest BCUT2D eigenvalue weighted by Gasteiger charge is 2.03. The van der Waals surface area contributed by atoms with E-state index in [0.29, 0.717) is 11.4 Å². The molecule has 0 aliphatic rings. The number of hydrogen-bond acceptors (Lipinski definition) is 2. The van der Waals surface area contributed by atoms with E-state index in [1.54, 1.807) is 12.3 Å². The summed E-state index contributed by atoms with van der Waals surface area (Å²) < 4.78 is 0.968. The van der Waals surface area contributed by atoms with Crippen LogP contribution in [-0.4, -0.2) is 4.98 Å². The van der Waals surface area contributed by atoms with Gasteiger partial charge in [0.05, 0.1) is 0 Å². The number of rotatable bonds is 2. The summed E-state index contributed by atoms with van der Waals surface area (Å²) in [5, 5.41) is 0.696. The molecule has 16 heavy (non-hydrogen) atoms. The van der Waals surface area contributed by atoms with Crippen molar-refractivity contribution in [2.24, 2.45) is 0 Å². The molecule has 0 saturated carbocycles. The first-order chi connectivity index (χ1) is 7.65. The van der Waals surface area contributed by atoms with Crippen LogP contribution in [-0.2, 0) is 6.42 Å². The summed E-state index contributed by atoms with van der Waals surface area (Å²) >= 11 is 9.27. The largest absolute Gasteiger partial charge is 0.398 e. The summed E-state index contributed by atoms with van der Waals surface area (Å²) in [5.41, 5.74) is 8.59. The Morgan fingerprint density at radius 3 is 2.75 bits per heavy atom. The predicted octanol–water partition coefficient (Wildman–Crippen LogP) is 3.67. The van der Waals surface area contributed by atoms with Crippen LogP contribution in [0.3, 0.4) is 0 Å². The molecule has 0 aliphatic heterocycles. The molecule has 0 unspecified atom stereocenters. The number of nitrogen functional groups attached to an aromatic ring is 1. The average Bonchev–Trinajstić information content (AvgIpc) is 2.27. The van der Waals surface area contributed by atoms with Crippen molar-refractivity contribution in [1.82, 2.24) is 4.98 Å². The van der Waals surface area contributed by atoms with Gasteiger partial charge in [-0.2, -0.15) is 0 Å². The molecule has 4 heteroatoms. The molecule has 0 spiro atoms. The Labute approximate surface area is 108 Å². The summed E-state index contributed by atoms with van der Waals surface area (Å²) in [6, 6.07) is 9.40. The molecule has 0 amide bonds. The topological polar surface area (TPSA) is 38.9 Å². The molecule has 0 fully saturated rings. The minimum absolute atomic E-state index is 0.694. The molecule has 2 aromatic rings. The second kappa shape index (κ2) is 4.85. The standard InChI is InChI=1S/C12H10BrClN2/c13-9-1-3-11(16-7-9)6-8-5-10(14)2-4-12(8)15/h1-5,7H,6,15H2. The van der Waals surface area contributed by atoms with Gasteiger partial charge in [-0.25, -0.2) is 0 Å². The number of halogens is 2. The monoisotopic (exact) mass is 296 g/mol. The van der Waals surface area contributed by atoms with Gasteiger partial charge in [0, 0.05) is 33.5 Å². The first-order valence-corrected chi connectivity index (χ1v) is 5.96. The molecular formula is C12H10BrClN2. The van der Waals surface area contributed by atoms with E-state index in [1.807, 2.05) is 24.3 Å². The second-order valence-electron chi connectivity index (χ2n) is 3.49. The Morgan fingerprint density at radius 1 is 1.25 bits per heavy atom. The normalized spacial score (nSPS) is 10.4. The van der Waals surface area contributed by atoms with Crippen LogP contribution in [0.5, 0.6) is 0 Å². The molecule has 0 radical (unpaired) electrons. The number of nitrogens with zero attached hydrogens (tertiary/aromatic N) is 1. The van der Waals surface area contributed by atoms with Crippen molar-refractivity contribution in [3.8, 4) is 0 Å². The number of nitrogens with two attached hydrogens (primary N) is 1. The van der Waals surface area contributed by atoms with Crippen LogP contribution >= 0.6 is 27.5 Å². The van der Waals surface area contributed by atoms with Crippen molar-refractivity contribution in [2.45, 2.75) is 6.42 Å². The van der Waals surface area contributed by atoms with Gasteiger partial charge in [0.25, 0.3) is 0 Å². The van der Waals surface area contributed by atoms with Crippen molar-refractivity contribution < 1.29 is 0 Å². The van der Waals surface area contributed by atoms with Gasteiger partial charge in [-0.15, -0.1) is 0 Å². The third-order valence-corrected chi connectivity index (χ3v) is 2.97. The smallest absolute Gasteiger partial charge is 0.0449 e. The summed E-state index contributed by atoms with van der Waals surface area (Å²) in [6.45, 7) is 0. The Morgan fingerprint density at radius 2 is 2.06 bits per heavy atom. The van der Waals surface area contributed by atoms with Crippen LogP contribution in [0.15, 0.2) is 41.0 Å². The van der Waals surface area contributed by atoms with Gasteiger partial charge in [0.15, 0.2) is 0 Å². The first-order valence-electron chi connectivity index (χ1n) is 4.79. The van der Waals surface area contributed by atoms with Gasteiger partial charge in [0.2, 0.25) is 0 Å². The van der Waals surface area contributed by atoms with E-state index in [1.165, 1.54) is 0 Å². The third kappa shape index (κ3) is 2.74. The Bertz CT molecular complexity index is 497. The maximum Gasteiger partial charge on any atom is 0.0449 e. The Balaban J connectivity index is 2.26. The third-order valence-electron chi connectivity index (χ3n) is 2.27. The maximum absolute atomic E-state index is 5.92. The van der Waals surface area contributed by atoms with Crippen LogP contribution in [0, 0.1) is 0 Å². The minimum Gasteiger partial charge on any atom is -0.398 e.